The van der Waals surface area contributed by atoms with Gasteiger partial charge < -0.3 is 9.64 Å². The van der Waals surface area contributed by atoms with Crippen LogP contribution in [0.5, 0.6) is 0 Å². The molecule has 2 heterocycles. The predicted molar refractivity (Wildman–Crippen MR) is 107 cm³/mol. The molecule has 0 bridgehead atoms. The van der Waals surface area contributed by atoms with Crippen molar-refractivity contribution in [2.75, 3.05) is 13.7 Å². The molecular weight excluding hydrogens is 393 g/mol. The van der Waals surface area contributed by atoms with Crippen molar-refractivity contribution in [3.05, 3.63) is 69.4 Å². The highest BCUT2D eigenvalue weighted by Crippen LogP contribution is 2.28. The van der Waals surface area contributed by atoms with E-state index < -0.39 is 5.97 Å². The molecule has 0 aliphatic heterocycles. The number of amides is 1. The number of carbonyl (C=O) groups excluding carboxylic acids is 2. The summed E-state index contributed by atoms with van der Waals surface area (Å²) in [6.45, 7) is 0.131. The van der Waals surface area contributed by atoms with E-state index >= 15 is 0 Å². The number of benzene rings is 1. The summed E-state index contributed by atoms with van der Waals surface area (Å²) in [5.74, 6) is -1.22. The number of aromatic nitrogens is 2. The number of esters is 1. The summed E-state index contributed by atoms with van der Waals surface area (Å²) in [7, 11) is 1.68. The lowest BCUT2D eigenvalue weighted by atomic mass is 10.2. The molecule has 4 rings (SSSR count). The van der Waals surface area contributed by atoms with Crippen LogP contribution in [0.4, 0.5) is 4.39 Å². The van der Waals surface area contributed by atoms with E-state index in [2.05, 4.69) is 5.10 Å². The molecule has 2 aromatic heterocycles. The first-order valence-electron chi connectivity index (χ1n) is 9.32. The van der Waals surface area contributed by atoms with Gasteiger partial charge in [-0.3, -0.25) is 4.79 Å². The van der Waals surface area contributed by atoms with Crippen molar-refractivity contribution >= 4 is 23.2 Å². The van der Waals surface area contributed by atoms with Crippen LogP contribution < -0.4 is 0 Å². The summed E-state index contributed by atoms with van der Waals surface area (Å²) >= 11 is 1.57. The Balaban J connectivity index is 1.45. The molecule has 0 spiro atoms. The molecule has 8 heteroatoms. The highest BCUT2D eigenvalue weighted by Gasteiger charge is 2.28. The molecule has 0 N–H and O–H groups in total. The molecule has 29 heavy (non-hydrogen) atoms. The Morgan fingerprint density at radius 2 is 2.03 bits per heavy atom. The van der Waals surface area contributed by atoms with Crippen LogP contribution in [-0.4, -0.2) is 40.2 Å². The first kappa shape index (κ1) is 19.3. The van der Waals surface area contributed by atoms with E-state index in [-0.39, 0.29) is 24.0 Å². The van der Waals surface area contributed by atoms with Gasteiger partial charge in [-0.15, -0.1) is 0 Å². The zero-order valence-corrected chi connectivity index (χ0v) is 16.7. The first-order valence-corrected chi connectivity index (χ1v) is 10.3. The van der Waals surface area contributed by atoms with E-state index in [1.54, 1.807) is 35.2 Å². The molecule has 1 aromatic carbocycles. The summed E-state index contributed by atoms with van der Waals surface area (Å²) in [6, 6.07) is 7.92. The average Bonchev–Trinajstić information content (AvgIpc) is 3.44. The van der Waals surface area contributed by atoms with Crippen LogP contribution in [0, 0.1) is 5.82 Å². The number of fused-ring (bicyclic) bond motifs is 1. The topological polar surface area (TPSA) is 64.4 Å². The number of hydrogen-bond acceptors (Lipinski definition) is 5. The Labute approximate surface area is 171 Å². The highest BCUT2D eigenvalue weighted by molar-refractivity contribution is 7.07. The van der Waals surface area contributed by atoms with E-state index in [1.165, 1.54) is 17.0 Å². The minimum atomic E-state index is -0.610. The maximum atomic E-state index is 13.2. The van der Waals surface area contributed by atoms with Gasteiger partial charge in [0, 0.05) is 24.8 Å². The zero-order valence-electron chi connectivity index (χ0n) is 15.9. The van der Waals surface area contributed by atoms with E-state index in [4.69, 9.17) is 4.74 Å². The van der Waals surface area contributed by atoms with Crippen molar-refractivity contribution in [2.45, 2.75) is 25.8 Å². The van der Waals surface area contributed by atoms with Gasteiger partial charge in [-0.05, 0) is 65.9 Å². The second-order valence-corrected chi connectivity index (χ2v) is 7.75. The second kappa shape index (κ2) is 8.16. The lowest BCUT2D eigenvalue weighted by molar-refractivity contribution is -0.133. The number of hydrogen-bond donors (Lipinski definition) is 0. The fourth-order valence-electron chi connectivity index (χ4n) is 3.45. The van der Waals surface area contributed by atoms with Crippen molar-refractivity contribution in [3.63, 3.8) is 0 Å². The molecule has 1 amide bonds. The van der Waals surface area contributed by atoms with Crippen LogP contribution in [0.2, 0.25) is 0 Å². The van der Waals surface area contributed by atoms with Crippen molar-refractivity contribution in [2.24, 2.45) is 0 Å². The van der Waals surface area contributed by atoms with Gasteiger partial charge in [0.15, 0.2) is 12.3 Å². The number of thiophene rings is 1. The van der Waals surface area contributed by atoms with Crippen molar-refractivity contribution in [3.8, 4) is 5.69 Å². The van der Waals surface area contributed by atoms with E-state index in [9.17, 15) is 14.0 Å². The Morgan fingerprint density at radius 3 is 2.76 bits per heavy atom. The van der Waals surface area contributed by atoms with Crippen molar-refractivity contribution in [1.82, 2.24) is 14.7 Å². The van der Waals surface area contributed by atoms with Gasteiger partial charge in [-0.25, -0.2) is 13.9 Å². The number of rotatable bonds is 6. The number of carbonyl (C=O) groups is 2. The number of likely N-dealkylation sites (N-methyl/N-ethyl adjacent to an activating group) is 1. The number of nitrogens with zero attached hydrogens (tertiary/aromatic N) is 3. The molecule has 3 aromatic rings. The first-order chi connectivity index (χ1) is 14.0. The van der Waals surface area contributed by atoms with Crippen LogP contribution in [0.1, 0.15) is 33.7 Å². The molecule has 150 valence electrons. The molecular formula is C21H20FN3O3S. The lowest BCUT2D eigenvalue weighted by Gasteiger charge is -2.16. The molecule has 1 aliphatic rings. The summed E-state index contributed by atoms with van der Waals surface area (Å²) in [5.41, 5.74) is 3.74. The fraction of sp³-hybridized carbons (Fsp3) is 0.286. The van der Waals surface area contributed by atoms with Gasteiger partial charge in [0.05, 0.1) is 5.69 Å². The minimum absolute atomic E-state index is 0.232. The van der Waals surface area contributed by atoms with E-state index in [1.807, 2.05) is 16.8 Å². The molecule has 0 radical (unpaired) electrons. The Bertz CT molecular complexity index is 1030. The lowest BCUT2D eigenvalue weighted by Crippen LogP contribution is -2.30. The van der Waals surface area contributed by atoms with Crippen LogP contribution in [0.3, 0.4) is 0 Å². The molecule has 0 atom stereocenters. The van der Waals surface area contributed by atoms with Crippen LogP contribution in [0.15, 0.2) is 41.1 Å². The van der Waals surface area contributed by atoms with Gasteiger partial charge >= 0.3 is 5.97 Å². The summed E-state index contributed by atoms with van der Waals surface area (Å²) in [5, 5.41) is 8.33. The highest BCUT2D eigenvalue weighted by atomic mass is 32.1. The van der Waals surface area contributed by atoms with Gasteiger partial charge in [-0.2, -0.15) is 16.4 Å². The molecule has 0 fully saturated rings. The second-order valence-electron chi connectivity index (χ2n) is 6.97. The van der Waals surface area contributed by atoms with Crippen LogP contribution >= 0.6 is 11.3 Å². The van der Waals surface area contributed by atoms with Crippen molar-refractivity contribution in [1.29, 1.82) is 0 Å². The number of ether oxygens (including phenoxy) is 1. The molecule has 0 saturated heterocycles. The summed E-state index contributed by atoms with van der Waals surface area (Å²) < 4.78 is 20.2. The van der Waals surface area contributed by atoms with Gasteiger partial charge in [0.2, 0.25) is 0 Å². The zero-order chi connectivity index (χ0) is 20.4. The normalized spacial score (nSPS) is 12.6. The molecule has 0 saturated carbocycles. The van der Waals surface area contributed by atoms with E-state index in [0.717, 1.165) is 36.1 Å². The predicted octanol–water partition coefficient (Wildman–Crippen LogP) is 3.38. The summed E-state index contributed by atoms with van der Waals surface area (Å²) in [4.78, 5) is 26.4. The Hall–Kier alpha value is -3.00. The molecule has 0 unspecified atom stereocenters. The molecule has 1 aliphatic carbocycles. The van der Waals surface area contributed by atoms with E-state index in [0.29, 0.717) is 12.2 Å². The smallest absolute Gasteiger partial charge is 0.359 e. The third kappa shape index (κ3) is 4.07. The quantitative estimate of drug-likeness (QED) is 0.581. The van der Waals surface area contributed by atoms with Crippen molar-refractivity contribution < 1.29 is 18.7 Å². The Morgan fingerprint density at radius 1 is 1.24 bits per heavy atom. The van der Waals surface area contributed by atoms with Gasteiger partial charge in [0.25, 0.3) is 5.91 Å². The summed E-state index contributed by atoms with van der Waals surface area (Å²) in [6.07, 6.45) is 2.43. The fourth-order valence-corrected chi connectivity index (χ4v) is 4.11. The maximum Gasteiger partial charge on any atom is 0.359 e. The number of halogens is 1. The van der Waals surface area contributed by atoms with Crippen LogP contribution in [-0.2, 0) is 28.9 Å². The third-order valence-electron chi connectivity index (χ3n) is 4.95. The monoisotopic (exact) mass is 413 g/mol. The van der Waals surface area contributed by atoms with Gasteiger partial charge in [-0.1, -0.05) is 0 Å². The minimum Gasteiger partial charge on any atom is -0.451 e. The Kier molecular flexibility index (Phi) is 5.44. The molecule has 6 nitrogen and oxygen atoms in total. The SMILES string of the molecule is CN(Cc1ccsc1)C(=O)COC(=O)c1nn(-c2ccc(F)cc2)c2c1CCC2. The average molecular weight is 413 g/mol. The van der Waals surface area contributed by atoms with Crippen LogP contribution in [0.25, 0.3) is 5.69 Å². The largest absolute Gasteiger partial charge is 0.451 e. The maximum absolute atomic E-state index is 13.2. The standard InChI is InChI=1S/C21H20FN3O3S/c1-24(11-14-9-10-29-13-14)19(26)12-28-21(27)20-17-3-2-4-18(17)25(23-20)16-7-5-15(22)6-8-16/h5-10,13H,2-4,11-12H2,1H3. The van der Waals surface area contributed by atoms with Gasteiger partial charge in [0.1, 0.15) is 5.82 Å². The third-order valence-corrected chi connectivity index (χ3v) is 5.68.